The molecule has 0 fully saturated rings. The number of rotatable bonds is 0. The largest absolute Gasteiger partial charge is 0 e. The second-order valence-electron chi connectivity index (χ2n) is 0.0476. The van der Waals surface area contributed by atoms with Gasteiger partial charge in [-0.25, -0.2) is 0 Å². The Labute approximate surface area is 62.0 Å². The summed E-state index contributed by atoms with van der Waals surface area (Å²) in [6.45, 7) is 0. The molecule has 0 N–H and O–H groups in total. The maximum absolute atomic E-state index is 4.73. The van der Waals surface area contributed by atoms with Crippen LogP contribution in [-0.2, 0) is 12.9 Å². The van der Waals surface area contributed by atoms with Gasteiger partial charge in [0.1, 0.15) is 0 Å². The van der Waals surface area contributed by atoms with E-state index in [0.717, 1.165) is 0 Å². The van der Waals surface area contributed by atoms with Gasteiger partial charge in [0.05, 0.1) is 0 Å². The van der Waals surface area contributed by atoms with Crippen LogP contribution in [0.25, 0.3) is 0 Å². The van der Waals surface area contributed by atoms with E-state index in [9.17, 15) is 0 Å². The monoisotopic (exact) mass is 152 g/mol. The zero-order valence-corrected chi connectivity index (χ0v) is 6.64. The SMILES string of the molecule is [Cl][Co][Cl].[Na]. The molecule has 0 aromatic rings. The predicted molar refractivity (Wildman–Crippen MR) is 17.5 cm³/mol. The minimum absolute atomic E-state index is 0. The molecule has 0 rings (SSSR count). The van der Waals surface area contributed by atoms with Crippen LogP contribution in [0.4, 0.5) is 0 Å². The Morgan fingerprint density at radius 1 is 1.25 bits per heavy atom. The number of hydrogen-bond donors (Lipinski definition) is 0. The Morgan fingerprint density at radius 2 is 1.25 bits per heavy atom. The molecule has 0 saturated carbocycles. The van der Waals surface area contributed by atoms with Crippen molar-refractivity contribution in [2.45, 2.75) is 0 Å². The molecule has 0 aromatic carbocycles. The molecule has 0 aliphatic carbocycles. The maximum atomic E-state index is 4.73. The summed E-state index contributed by atoms with van der Waals surface area (Å²) in [5, 5.41) is 0. The average Bonchev–Trinajstić information content (AvgIpc) is 0.918. The predicted octanol–water partition coefficient (Wildman–Crippen LogP) is 0.996. The van der Waals surface area contributed by atoms with E-state index in [4.69, 9.17) is 20.3 Å². The van der Waals surface area contributed by atoms with Crippen molar-refractivity contribution in [1.82, 2.24) is 0 Å². The van der Waals surface area contributed by atoms with Crippen molar-refractivity contribution in [2.24, 2.45) is 0 Å². The molecule has 0 saturated heterocycles. The van der Waals surface area contributed by atoms with Crippen LogP contribution in [0.3, 0.4) is 0 Å². The summed E-state index contributed by atoms with van der Waals surface area (Å²) >= 11 is 0.382. The summed E-state index contributed by atoms with van der Waals surface area (Å²) in [7, 11) is 9.47. The molecule has 0 heterocycles. The van der Waals surface area contributed by atoms with Crippen LogP contribution in [0.2, 0.25) is 0 Å². The van der Waals surface area contributed by atoms with Crippen LogP contribution in [0.15, 0.2) is 0 Å². The van der Waals surface area contributed by atoms with Crippen LogP contribution in [0.1, 0.15) is 0 Å². The Balaban J connectivity index is 0. The van der Waals surface area contributed by atoms with E-state index in [1.807, 2.05) is 0 Å². The fourth-order valence-electron chi connectivity index (χ4n) is 0. The minimum Gasteiger partial charge on any atom is 0 e. The van der Waals surface area contributed by atoms with E-state index in [0.29, 0.717) is 12.9 Å². The van der Waals surface area contributed by atoms with Crippen molar-refractivity contribution >= 4 is 49.8 Å². The van der Waals surface area contributed by atoms with Gasteiger partial charge in [-0.2, -0.15) is 0 Å². The molecule has 0 unspecified atom stereocenters. The van der Waals surface area contributed by atoms with Gasteiger partial charge in [0.15, 0.2) is 0 Å². The van der Waals surface area contributed by atoms with Gasteiger partial charge >= 0.3 is 33.2 Å². The summed E-state index contributed by atoms with van der Waals surface area (Å²) in [5.41, 5.74) is 0. The van der Waals surface area contributed by atoms with E-state index >= 15 is 0 Å². The van der Waals surface area contributed by atoms with Gasteiger partial charge in [-0.1, -0.05) is 0 Å². The zero-order valence-electron chi connectivity index (χ0n) is 2.09. The molecule has 0 aliphatic rings. The van der Waals surface area contributed by atoms with Crippen LogP contribution in [0, 0.1) is 0 Å². The normalized spacial score (nSPS) is 5.50. The standard InChI is InChI=1S/2ClH.Co.Na/h2*1H;;/q;;+2;/p-2. The van der Waals surface area contributed by atoms with Gasteiger partial charge < -0.3 is 0 Å². The van der Waals surface area contributed by atoms with Gasteiger partial charge in [-0.3, -0.25) is 0 Å². The second-order valence-corrected chi connectivity index (χ2v) is 1.77. The molecular formula is Cl2CoNa. The molecule has 0 amide bonds. The summed E-state index contributed by atoms with van der Waals surface area (Å²) < 4.78 is 0. The Hall–Kier alpha value is 2.09. The summed E-state index contributed by atoms with van der Waals surface area (Å²) in [6, 6.07) is 0. The smallest absolute Gasteiger partial charge is 0 e. The van der Waals surface area contributed by atoms with Gasteiger partial charge in [-0.05, 0) is 0 Å². The molecule has 1 radical (unpaired) electrons. The molecule has 24 valence electrons. The van der Waals surface area contributed by atoms with E-state index in [1.54, 1.807) is 0 Å². The Morgan fingerprint density at radius 3 is 1.25 bits per heavy atom. The summed E-state index contributed by atoms with van der Waals surface area (Å²) in [4.78, 5) is 0. The average molecular weight is 153 g/mol. The quantitative estimate of drug-likeness (QED) is 0.455. The Kier molecular flexibility index (Phi) is 21.0. The topological polar surface area (TPSA) is 0 Å². The first-order valence-corrected chi connectivity index (χ1v) is 3.12. The number of halogens is 2. The van der Waals surface area contributed by atoms with Crippen LogP contribution in [0.5, 0.6) is 0 Å². The van der Waals surface area contributed by atoms with Crippen LogP contribution >= 0.6 is 20.3 Å². The third-order valence-corrected chi connectivity index (χ3v) is 0. The van der Waals surface area contributed by atoms with E-state index in [2.05, 4.69) is 0 Å². The van der Waals surface area contributed by atoms with Crippen molar-refractivity contribution in [3.63, 3.8) is 0 Å². The first-order valence-electron chi connectivity index (χ1n) is 0.252. The fraction of sp³-hybridized carbons (Fsp3) is 0. The van der Waals surface area contributed by atoms with E-state index in [1.165, 1.54) is 0 Å². The maximum Gasteiger partial charge on any atom is 0 e. The van der Waals surface area contributed by atoms with Gasteiger partial charge in [-0.15, -0.1) is 0 Å². The van der Waals surface area contributed by atoms with Crippen molar-refractivity contribution in [1.29, 1.82) is 0 Å². The molecule has 0 bridgehead atoms. The van der Waals surface area contributed by atoms with Gasteiger partial charge in [0.25, 0.3) is 0 Å². The van der Waals surface area contributed by atoms with E-state index in [-0.39, 0.29) is 29.6 Å². The third-order valence-electron chi connectivity index (χ3n) is 0. The van der Waals surface area contributed by atoms with Crippen molar-refractivity contribution < 1.29 is 12.9 Å². The third kappa shape index (κ3) is 8.94. The molecule has 0 aliphatic heterocycles. The minimum atomic E-state index is 0. The second kappa shape index (κ2) is 8.92. The molecule has 0 atom stereocenters. The van der Waals surface area contributed by atoms with Crippen molar-refractivity contribution in [3.8, 4) is 0 Å². The first-order chi connectivity index (χ1) is 1.41. The van der Waals surface area contributed by atoms with Gasteiger partial charge in [0.2, 0.25) is 0 Å². The summed E-state index contributed by atoms with van der Waals surface area (Å²) in [6.07, 6.45) is 0. The molecule has 4 heteroatoms. The fourth-order valence-corrected chi connectivity index (χ4v) is 0. The first kappa shape index (κ1) is 9.43. The number of hydrogen-bond acceptors (Lipinski definition) is 0. The van der Waals surface area contributed by atoms with Crippen molar-refractivity contribution in [2.75, 3.05) is 0 Å². The van der Waals surface area contributed by atoms with Crippen LogP contribution < -0.4 is 0 Å². The molecular weight excluding hydrogens is 153 g/mol. The van der Waals surface area contributed by atoms with Crippen LogP contribution in [-0.4, -0.2) is 29.6 Å². The van der Waals surface area contributed by atoms with E-state index < -0.39 is 0 Å². The molecule has 0 nitrogen and oxygen atoms in total. The molecule has 0 spiro atoms. The Bertz CT molecular complexity index is 6.00. The van der Waals surface area contributed by atoms with Crippen molar-refractivity contribution in [3.05, 3.63) is 0 Å². The summed E-state index contributed by atoms with van der Waals surface area (Å²) in [5.74, 6) is 0. The molecule has 0 aromatic heterocycles. The zero-order chi connectivity index (χ0) is 2.71. The van der Waals surface area contributed by atoms with Gasteiger partial charge in [0, 0.05) is 29.6 Å². The molecule has 4 heavy (non-hydrogen) atoms.